The van der Waals surface area contributed by atoms with Crippen molar-refractivity contribution < 1.29 is 9.63 Å². The molecule has 1 aliphatic carbocycles. The van der Waals surface area contributed by atoms with E-state index in [-0.39, 0.29) is 17.9 Å². The number of hydrogen-bond donors (Lipinski definition) is 2. The normalized spacial score (nSPS) is 14.6. The first-order valence-electron chi connectivity index (χ1n) is 10.8. The Bertz CT molecular complexity index is 909. The first-order valence-corrected chi connectivity index (χ1v) is 10.8. The Labute approximate surface area is 188 Å². The molecule has 0 saturated heterocycles. The zero-order valence-electron chi connectivity index (χ0n) is 18.3. The number of aliphatic imine (C=N–C) groups is 1. The van der Waals surface area contributed by atoms with Crippen LogP contribution < -0.4 is 10.7 Å². The van der Waals surface area contributed by atoms with Crippen LogP contribution in [0.25, 0.3) is 0 Å². The maximum atomic E-state index is 12.6. The van der Waals surface area contributed by atoms with E-state index in [9.17, 15) is 4.79 Å². The van der Waals surface area contributed by atoms with Gasteiger partial charge in [0.05, 0.1) is 12.6 Å². The number of carbonyl (C=O) groups is 1. The Morgan fingerprint density at radius 1 is 1.19 bits per heavy atom. The summed E-state index contributed by atoms with van der Waals surface area (Å²) in [4.78, 5) is 28.1. The van der Waals surface area contributed by atoms with Gasteiger partial charge in [0.15, 0.2) is 0 Å². The van der Waals surface area contributed by atoms with Crippen LogP contribution in [0.3, 0.4) is 0 Å². The minimum Gasteiger partial charge on any atom is -0.339 e. The number of aromatic nitrogens is 1. The molecule has 1 aliphatic rings. The Kier molecular flexibility index (Phi) is 8.98. The number of anilines is 1. The number of amides is 1. The van der Waals surface area contributed by atoms with Crippen molar-refractivity contribution in [1.29, 1.82) is 5.26 Å². The maximum Gasteiger partial charge on any atom is 0.253 e. The molecule has 0 spiro atoms. The van der Waals surface area contributed by atoms with Crippen molar-refractivity contribution in [2.75, 3.05) is 25.5 Å². The second-order valence-electron chi connectivity index (χ2n) is 7.58. The fraction of sp³-hybridized carbons (Fsp3) is 0.391. The second kappa shape index (κ2) is 12.4. The zero-order valence-corrected chi connectivity index (χ0v) is 18.3. The molecule has 1 aromatic heterocycles. The van der Waals surface area contributed by atoms with Crippen LogP contribution in [0.4, 0.5) is 5.69 Å². The van der Waals surface area contributed by atoms with E-state index in [0.717, 1.165) is 31.4 Å². The third-order valence-corrected chi connectivity index (χ3v) is 5.25. The van der Waals surface area contributed by atoms with Crippen LogP contribution in [0.2, 0.25) is 0 Å². The Morgan fingerprint density at radius 3 is 2.59 bits per heavy atom. The first kappa shape index (κ1) is 23.2. The average Bonchev–Trinajstić information content (AvgIpc) is 2.84. The van der Waals surface area contributed by atoms with E-state index in [1.807, 2.05) is 24.4 Å². The van der Waals surface area contributed by atoms with E-state index in [0.29, 0.717) is 18.7 Å². The maximum absolute atomic E-state index is 12.6. The predicted molar refractivity (Wildman–Crippen MR) is 122 cm³/mol. The predicted octanol–water partition coefficient (Wildman–Crippen LogP) is 3.17. The molecule has 0 bridgehead atoms. The number of nitrogens with one attached hydrogen (secondary N) is 2. The van der Waals surface area contributed by atoms with E-state index < -0.39 is 0 Å². The topological polar surface area (TPSA) is 106 Å². The van der Waals surface area contributed by atoms with E-state index in [1.165, 1.54) is 6.42 Å². The molecule has 2 N–H and O–H groups in total. The molecule has 1 heterocycles. The number of nitrogens with zero attached hydrogens (tertiary/aromatic N) is 5. The first-order chi connectivity index (χ1) is 15.7. The standard InChI is InChI=1S/C23H29N7O2/c1-29(22(31)19-8-4-2-5-9-19)16-17-32-30(21-10-6-3-7-11-21)28-23(26-18-24)27-20-12-14-25-15-13-20/h2,4-5,8-9,12-15,21H,3,6-7,10-11,16-17H2,1H3,(H2,25,26,27,28). The smallest absolute Gasteiger partial charge is 0.253 e. The van der Waals surface area contributed by atoms with Crippen LogP contribution in [0.5, 0.6) is 0 Å². The largest absolute Gasteiger partial charge is 0.339 e. The Balaban J connectivity index is 1.61. The monoisotopic (exact) mass is 435 g/mol. The molecule has 3 rings (SSSR count). The van der Waals surface area contributed by atoms with Crippen LogP contribution in [-0.2, 0) is 4.84 Å². The number of hydroxylamine groups is 1. The second-order valence-corrected chi connectivity index (χ2v) is 7.58. The molecule has 1 saturated carbocycles. The number of hydrazine groups is 1. The number of carbonyl (C=O) groups excluding carboxylic acids is 1. The molecule has 0 unspecified atom stereocenters. The Hall–Kier alpha value is -3.48. The van der Waals surface area contributed by atoms with Crippen molar-refractivity contribution in [1.82, 2.24) is 20.5 Å². The van der Waals surface area contributed by atoms with Gasteiger partial charge in [0.1, 0.15) is 0 Å². The summed E-state index contributed by atoms with van der Waals surface area (Å²) in [6, 6.07) is 12.9. The molecule has 0 aliphatic heterocycles. The highest BCUT2D eigenvalue weighted by molar-refractivity contribution is 5.94. The molecule has 0 radical (unpaired) electrons. The molecule has 32 heavy (non-hydrogen) atoms. The van der Waals surface area contributed by atoms with Gasteiger partial charge in [-0.25, -0.2) is 0 Å². The molecular weight excluding hydrogens is 406 g/mol. The number of pyridine rings is 1. The van der Waals surface area contributed by atoms with Crippen molar-refractivity contribution in [3.05, 3.63) is 60.4 Å². The molecule has 1 aromatic carbocycles. The molecule has 0 atom stereocenters. The molecule has 1 fully saturated rings. The van der Waals surface area contributed by atoms with E-state index >= 15 is 0 Å². The highest BCUT2D eigenvalue weighted by Crippen LogP contribution is 2.22. The molecule has 2 aromatic rings. The van der Waals surface area contributed by atoms with Crippen molar-refractivity contribution in [3.8, 4) is 6.19 Å². The summed E-state index contributed by atoms with van der Waals surface area (Å²) in [5.74, 6) is 0.204. The minimum atomic E-state index is -0.0579. The number of likely N-dealkylation sites (N-methyl/N-ethyl adjacent to an activating group) is 1. The van der Waals surface area contributed by atoms with Gasteiger partial charge in [-0.3, -0.25) is 20.0 Å². The van der Waals surface area contributed by atoms with Crippen LogP contribution in [0.1, 0.15) is 42.5 Å². The van der Waals surface area contributed by atoms with Gasteiger partial charge in [0.2, 0.25) is 12.2 Å². The van der Waals surface area contributed by atoms with Crippen LogP contribution in [0, 0.1) is 11.5 Å². The van der Waals surface area contributed by atoms with Crippen molar-refractivity contribution in [3.63, 3.8) is 0 Å². The van der Waals surface area contributed by atoms with Gasteiger partial charge in [-0.1, -0.05) is 42.6 Å². The van der Waals surface area contributed by atoms with Crippen LogP contribution in [-0.4, -0.2) is 53.2 Å². The number of hydrogen-bond acceptors (Lipinski definition) is 6. The lowest BCUT2D eigenvalue weighted by molar-refractivity contribution is -0.214. The fourth-order valence-electron chi connectivity index (χ4n) is 3.53. The lowest BCUT2D eigenvalue weighted by Crippen LogP contribution is -2.51. The summed E-state index contributed by atoms with van der Waals surface area (Å²) in [5.41, 5.74) is 4.50. The van der Waals surface area contributed by atoms with Gasteiger partial charge in [-0.2, -0.15) is 5.26 Å². The third-order valence-electron chi connectivity index (χ3n) is 5.25. The number of nitriles is 1. The number of guanidine groups is 1. The summed E-state index contributed by atoms with van der Waals surface area (Å²) in [6.07, 6.45) is 10.5. The van der Waals surface area contributed by atoms with E-state index in [1.54, 1.807) is 53.8 Å². The SMILES string of the molecule is CN(CCON(N/C(=N/C#N)Nc1ccncc1)C1CCCCC1)C(=O)c1ccccc1. The molecule has 168 valence electrons. The van der Waals surface area contributed by atoms with Gasteiger partial charge in [-0.05, 0) is 37.1 Å². The van der Waals surface area contributed by atoms with Crippen molar-refractivity contribution in [2.24, 2.45) is 4.99 Å². The highest BCUT2D eigenvalue weighted by Gasteiger charge is 2.24. The lowest BCUT2D eigenvalue weighted by atomic mass is 9.96. The molecule has 1 amide bonds. The highest BCUT2D eigenvalue weighted by atomic mass is 16.7. The third kappa shape index (κ3) is 7.04. The summed E-state index contributed by atoms with van der Waals surface area (Å²) in [5, 5.41) is 13.9. The minimum absolute atomic E-state index is 0.0579. The van der Waals surface area contributed by atoms with Crippen LogP contribution >= 0.6 is 0 Å². The van der Waals surface area contributed by atoms with Gasteiger partial charge in [-0.15, -0.1) is 4.99 Å². The average molecular weight is 436 g/mol. The zero-order chi connectivity index (χ0) is 22.6. The Morgan fingerprint density at radius 2 is 1.91 bits per heavy atom. The summed E-state index contributed by atoms with van der Waals surface area (Å²) < 4.78 is 0. The fourth-order valence-corrected chi connectivity index (χ4v) is 3.53. The van der Waals surface area contributed by atoms with Crippen LogP contribution in [0.15, 0.2) is 59.9 Å². The molecule has 9 nitrogen and oxygen atoms in total. The number of benzene rings is 1. The molecule has 9 heteroatoms. The van der Waals surface area contributed by atoms with Gasteiger partial charge in [0, 0.05) is 37.2 Å². The molecular formula is C23H29N7O2. The number of rotatable bonds is 8. The lowest BCUT2D eigenvalue weighted by Gasteiger charge is -2.34. The van der Waals surface area contributed by atoms with E-state index in [2.05, 4.69) is 20.7 Å². The van der Waals surface area contributed by atoms with Gasteiger partial charge < -0.3 is 10.2 Å². The quantitative estimate of drug-likeness (QED) is 0.284. The summed E-state index contributed by atoms with van der Waals surface area (Å²) in [6.45, 7) is 0.717. The van der Waals surface area contributed by atoms with E-state index in [4.69, 9.17) is 10.1 Å². The summed E-state index contributed by atoms with van der Waals surface area (Å²) in [7, 11) is 1.75. The van der Waals surface area contributed by atoms with Gasteiger partial charge in [0.25, 0.3) is 5.91 Å². The summed E-state index contributed by atoms with van der Waals surface area (Å²) >= 11 is 0. The van der Waals surface area contributed by atoms with Gasteiger partial charge >= 0.3 is 0 Å². The van der Waals surface area contributed by atoms with Crippen molar-refractivity contribution >= 4 is 17.6 Å². The van der Waals surface area contributed by atoms with Crippen molar-refractivity contribution in [2.45, 2.75) is 38.1 Å².